The highest BCUT2D eigenvalue weighted by molar-refractivity contribution is 5.92. The Kier molecular flexibility index (Phi) is 4.00. The Bertz CT molecular complexity index is 761. The van der Waals surface area contributed by atoms with E-state index in [0.717, 1.165) is 11.1 Å². The minimum atomic E-state index is -0.254. The molecule has 3 rings (SSSR count). The van der Waals surface area contributed by atoms with Gasteiger partial charge in [0.2, 0.25) is 0 Å². The van der Waals surface area contributed by atoms with E-state index < -0.39 is 0 Å². The second kappa shape index (κ2) is 6.26. The Hall–Kier alpha value is -2.89. The number of rotatable bonds is 5. The van der Waals surface area contributed by atoms with Crippen LogP contribution in [0.15, 0.2) is 53.3 Å². The minimum Gasteiger partial charge on any atom is -0.359 e. The van der Waals surface area contributed by atoms with Gasteiger partial charge in [0.05, 0.1) is 6.20 Å². The first-order valence-corrected chi connectivity index (χ1v) is 6.97. The van der Waals surface area contributed by atoms with Crippen LogP contribution in [-0.4, -0.2) is 20.8 Å². The first kappa shape index (κ1) is 14.1. The summed E-state index contributed by atoms with van der Waals surface area (Å²) in [4.78, 5) is 12.0. The number of hydrogen-bond acceptors (Lipinski definition) is 4. The van der Waals surface area contributed by atoms with Crippen LogP contribution in [0.4, 0.5) is 0 Å². The van der Waals surface area contributed by atoms with E-state index in [4.69, 9.17) is 4.52 Å². The van der Waals surface area contributed by atoms with Crippen LogP contribution in [0.5, 0.6) is 0 Å². The van der Waals surface area contributed by atoms with E-state index in [9.17, 15) is 4.79 Å². The van der Waals surface area contributed by atoms with Gasteiger partial charge in [0.25, 0.3) is 5.91 Å². The number of carbonyl (C=O) groups excluding carboxylic acids is 1. The lowest BCUT2D eigenvalue weighted by Gasteiger charge is -2.02. The SMILES string of the molecule is Cc1cnn(Cc2cc(C(=O)NCc3ccccc3)no2)c1. The standard InChI is InChI=1S/C16H16N4O2/c1-12-8-18-20(10-12)11-14-7-15(19-22-14)16(21)17-9-13-5-3-2-4-6-13/h2-8,10H,9,11H2,1H3,(H,17,21). The van der Waals surface area contributed by atoms with Crippen LogP contribution in [0, 0.1) is 6.92 Å². The van der Waals surface area contributed by atoms with Crippen molar-refractivity contribution in [3.8, 4) is 0 Å². The van der Waals surface area contributed by atoms with Gasteiger partial charge in [-0.2, -0.15) is 5.10 Å². The van der Waals surface area contributed by atoms with Gasteiger partial charge in [0, 0.05) is 18.8 Å². The highest BCUT2D eigenvalue weighted by Gasteiger charge is 2.12. The maximum Gasteiger partial charge on any atom is 0.273 e. The average molecular weight is 296 g/mol. The van der Waals surface area contributed by atoms with Crippen molar-refractivity contribution in [2.45, 2.75) is 20.0 Å². The second-order valence-corrected chi connectivity index (χ2v) is 5.06. The average Bonchev–Trinajstić information content (AvgIpc) is 3.16. The number of nitrogens with one attached hydrogen (secondary N) is 1. The molecule has 0 aliphatic carbocycles. The molecule has 1 aromatic carbocycles. The van der Waals surface area contributed by atoms with Crippen LogP contribution in [0.2, 0.25) is 0 Å². The Balaban J connectivity index is 1.59. The van der Waals surface area contributed by atoms with E-state index >= 15 is 0 Å². The molecule has 112 valence electrons. The minimum absolute atomic E-state index is 0.254. The molecule has 6 nitrogen and oxygen atoms in total. The lowest BCUT2D eigenvalue weighted by atomic mass is 10.2. The highest BCUT2D eigenvalue weighted by Crippen LogP contribution is 2.07. The van der Waals surface area contributed by atoms with Gasteiger partial charge in [0.1, 0.15) is 6.54 Å². The lowest BCUT2D eigenvalue weighted by molar-refractivity contribution is 0.0941. The molecule has 1 amide bonds. The molecule has 0 aliphatic rings. The van der Waals surface area contributed by atoms with Gasteiger partial charge in [-0.3, -0.25) is 9.48 Å². The topological polar surface area (TPSA) is 73.0 Å². The first-order chi connectivity index (χ1) is 10.7. The number of aryl methyl sites for hydroxylation is 1. The van der Waals surface area contributed by atoms with E-state index in [1.807, 2.05) is 43.5 Å². The molecule has 0 saturated heterocycles. The fraction of sp³-hybridized carbons (Fsp3) is 0.188. The molecule has 22 heavy (non-hydrogen) atoms. The molecule has 2 heterocycles. The normalized spacial score (nSPS) is 10.6. The molecule has 0 fully saturated rings. The van der Waals surface area contributed by atoms with Crippen LogP contribution in [0.25, 0.3) is 0 Å². The molecule has 3 aromatic rings. The lowest BCUT2D eigenvalue weighted by Crippen LogP contribution is -2.22. The van der Waals surface area contributed by atoms with Crippen LogP contribution < -0.4 is 5.32 Å². The van der Waals surface area contributed by atoms with Gasteiger partial charge in [-0.25, -0.2) is 0 Å². The van der Waals surface area contributed by atoms with Crippen LogP contribution in [0.3, 0.4) is 0 Å². The third-order valence-electron chi connectivity index (χ3n) is 3.17. The van der Waals surface area contributed by atoms with Crippen molar-refractivity contribution in [1.29, 1.82) is 0 Å². The van der Waals surface area contributed by atoms with Gasteiger partial charge in [-0.15, -0.1) is 0 Å². The monoisotopic (exact) mass is 296 g/mol. The summed E-state index contributed by atoms with van der Waals surface area (Å²) in [5.41, 5.74) is 2.38. The molecule has 2 aromatic heterocycles. The third-order valence-corrected chi connectivity index (χ3v) is 3.17. The molecular weight excluding hydrogens is 280 g/mol. The predicted octanol–water partition coefficient (Wildman–Crippen LogP) is 2.16. The van der Waals surface area contributed by atoms with Crippen molar-refractivity contribution >= 4 is 5.91 Å². The number of amides is 1. The molecule has 0 bridgehead atoms. The Labute approximate surface area is 127 Å². The summed E-state index contributed by atoms with van der Waals surface area (Å²) in [6, 6.07) is 11.3. The quantitative estimate of drug-likeness (QED) is 0.783. The summed E-state index contributed by atoms with van der Waals surface area (Å²) in [6.45, 7) is 2.87. The van der Waals surface area contributed by atoms with Crippen molar-refractivity contribution in [3.63, 3.8) is 0 Å². The largest absolute Gasteiger partial charge is 0.359 e. The van der Waals surface area contributed by atoms with Crippen molar-refractivity contribution in [3.05, 3.63) is 71.4 Å². The Morgan fingerprint density at radius 1 is 1.32 bits per heavy atom. The van der Waals surface area contributed by atoms with E-state index in [2.05, 4.69) is 15.6 Å². The number of benzene rings is 1. The van der Waals surface area contributed by atoms with E-state index in [0.29, 0.717) is 18.8 Å². The van der Waals surface area contributed by atoms with E-state index in [1.165, 1.54) is 0 Å². The van der Waals surface area contributed by atoms with Crippen molar-refractivity contribution in [2.75, 3.05) is 0 Å². The van der Waals surface area contributed by atoms with E-state index in [-0.39, 0.29) is 11.6 Å². The maximum absolute atomic E-state index is 12.0. The zero-order valence-electron chi connectivity index (χ0n) is 12.2. The first-order valence-electron chi connectivity index (χ1n) is 6.97. The summed E-state index contributed by atoms with van der Waals surface area (Å²) in [6.07, 6.45) is 3.67. The summed E-state index contributed by atoms with van der Waals surface area (Å²) >= 11 is 0. The van der Waals surface area contributed by atoms with Crippen molar-refractivity contribution in [1.82, 2.24) is 20.3 Å². The van der Waals surface area contributed by atoms with Gasteiger partial charge >= 0.3 is 0 Å². The molecule has 0 aliphatic heterocycles. The van der Waals surface area contributed by atoms with Gasteiger partial charge in [0.15, 0.2) is 11.5 Å². The number of aromatic nitrogens is 3. The molecule has 0 unspecified atom stereocenters. The summed E-state index contributed by atoms with van der Waals surface area (Å²) in [7, 11) is 0. The smallest absolute Gasteiger partial charge is 0.273 e. The maximum atomic E-state index is 12.0. The Morgan fingerprint density at radius 2 is 2.14 bits per heavy atom. The van der Waals surface area contributed by atoms with Crippen molar-refractivity contribution in [2.24, 2.45) is 0 Å². The summed E-state index contributed by atoms with van der Waals surface area (Å²) in [5, 5.41) is 10.8. The fourth-order valence-corrected chi connectivity index (χ4v) is 2.08. The number of hydrogen-bond donors (Lipinski definition) is 1. The zero-order chi connectivity index (χ0) is 15.4. The number of carbonyl (C=O) groups is 1. The second-order valence-electron chi connectivity index (χ2n) is 5.06. The predicted molar refractivity (Wildman–Crippen MR) is 80.2 cm³/mol. The molecule has 0 saturated carbocycles. The van der Waals surface area contributed by atoms with Crippen LogP contribution >= 0.6 is 0 Å². The summed E-state index contributed by atoms with van der Waals surface area (Å²) < 4.78 is 6.92. The molecule has 0 radical (unpaired) electrons. The molecular formula is C16H16N4O2. The fourth-order valence-electron chi connectivity index (χ4n) is 2.08. The molecule has 0 spiro atoms. The third kappa shape index (κ3) is 3.41. The van der Waals surface area contributed by atoms with Crippen LogP contribution in [0.1, 0.15) is 27.4 Å². The molecule has 0 atom stereocenters. The molecule has 6 heteroatoms. The van der Waals surface area contributed by atoms with Gasteiger partial charge in [-0.1, -0.05) is 35.5 Å². The highest BCUT2D eigenvalue weighted by atomic mass is 16.5. The van der Waals surface area contributed by atoms with E-state index in [1.54, 1.807) is 16.9 Å². The summed E-state index contributed by atoms with van der Waals surface area (Å²) in [5.74, 6) is 0.337. The van der Waals surface area contributed by atoms with Crippen molar-refractivity contribution < 1.29 is 9.32 Å². The van der Waals surface area contributed by atoms with Gasteiger partial charge < -0.3 is 9.84 Å². The molecule has 1 N–H and O–H groups in total. The number of nitrogens with zero attached hydrogens (tertiary/aromatic N) is 3. The van der Waals surface area contributed by atoms with Crippen LogP contribution in [-0.2, 0) is 13.1 Å². The zero-order valence-corrected chi connectivity index (χ0v) is 12.2. The van der Waals surface area contributed by atoms with Gasteiger partial charge in [-0.05, 0) is 18.1 Å². The Morgan fingerprint density at radius 3 is 2.86 bits per heavy atom.